The molecule has 0 radical (unpaired) electrons. The van der Waals surface area contributed by atoms with Gasteiger partial charge in [-0.15, -0.1) is 0 Å². The second kappa shape index (κ2) is 6.15. The van der Waals surface area contributed by atoms with E-state index in [0.717, 1.165) is 12.8 Å². The molecule has 124 valence electrons. The van der Waals surface area contributed by atoms with Crippen molar-refractivity contribution in [3.8, 4) is 0 Å². The number of aromatic carboxylic acids is 1. The quantitative estimate of drug-likeness (QED) is 0.643. The van der Waals surface area contributed by atoms with Crippen molar-refractivity contribution in [2.45, 2.75) is 25.4 Å². The molecular weight excluding hydrogens is 316 g/mol. The molecule has 0 bridgehead atoms. The lowest BCUT2D eigenvalue weighted by Gasteiger charge is -2.21. The number of para-hydroxylation sites is 1. The van der Waals surface area contributed by atoms with E-state index in [9.17, 15) is 19.7 Å². The molecule has 0 saturated heterocycles. The van der Waals surface area contributed by atoms with E-state index in [1.54, 1.807) is 18.2 Å². The highest BCUT2D eigenvalue weighted by Crippen LogP contribution is 2.32. The fourth-order valence-electron chi connectivity index (χ4n) is 2.47. The lowest BCUT2D eigenvalue weighted by Crippen LogP contribution is -2.32. The molecule has 1 aromatic carbocycles. The van der Waals surface area contributed by atoms with Crippen LogP contribution in [0.2, 0.25) is 0 Å². The standard InChI is InChI=1S/C16H14N2O6/c19-15(13-7-8-14(24-13)16(20)21)17(11-5-6-11)9-10-3-1-2-4-12(10)18(22)23/h1-4,7-8,11H,5-6,9H2,(H,20,21). The van der Waals surface area contributed by atoms with Crippen molar-refractivity contribution in [2.75, 3.05) is 0 Å². The van der Waals surface area contributed by atoms with Gasteiger partial charge in [0.05, 0.1) is 11.5 Å². The van der Waals surface area contributed by atoms with Crippen molar-refractivity contribution in [2.24, 2.45) is 0 Å². The summed E-state index contributed by atoms with van der Waals surface area (Å²) in [6.45, 7) is 0.0732. The predicted molar refractivity (Wildman–Crippen MR) is 81.7 cm³/mol. The Labute approximate surface area is 136 Å². The minimum absolute atomic E-state index is 0.0179. The highest BCUT2D eigenvalue weighted by Gasteiger charge is 2.35. The zero-order chi connectivity index (χ0) is 17.3. The Morgan fingerprint density at radius 2 is 1.88 bits per heavy atom. The van der Waals surface area contributed by atoms with Gasteiger partial charge in [-0.1, -0.05) is 18.2 Å². The molecule has 1 aliphatic carbocycles. The van der Waals surface area contributed by atoms with Crippen molar-refractivity contribution in [3.63, 3.8) is 0 Å². The molecule has 0 aliphatic heterocycles. The van der Waals surface area contributed by atoms with Crippen LogP contribution < -0.4 is 0 Å². The van der Waals surface area contributed by atoms with Crippen LogP contribution >= 0.6 is 0 Å². The Morgan fingerprint density at radius 1 is 1.21 bits per heavy atom. The van der Waals surface area contributed by atoms with Gasteiger partial charge in [-0.05, 0) is 25.0 Å². The fourth-order valence-corrected chi connectivity index (χ4v) is 2.47. The minimum atomic E-state index is -1.26. The van der Waals surface area contributed by atoms with Crippen LogP contribution in [0.25, 0.3) is 0 Å². The normalized spacial score (nSPS) is 13.5. The van der Waals surface area contributed by atoms with Crippen LogP contribution in [0, 0.1) is 10.1 Å². The molecule has 24 heavy (non-hydrogen) atoms. The molecule has 8 nitrogen and oxygen atoms in total. The molecule has 1 heterocycles. The van der Waals surface area contributed by atoms with Crippen LogP contribution in [0.3, 0.4) is 0 Å². The molecule has 8 heteroatoms. The highest BCUT2D eigenvalue weighted by molar-refractivity contribution is 5.94. The van der Waals surface area contributed by atoms with E-state index in [4.69, 9.17) is 9.52 Å². The zero-order valence-corrected chi connectivity index (χ0v) is 12.5. The monoisotopic (exact) mass is 330 g/mol. The summed E-state index contributed by atoms with van der Waals surface area (Å²) in [6, 6.07) is 8.73. The minimum Gasteiger partial charge on any atom is -0.475 e. The summed E-state index contributed by atoms with van der Waals surface area (Å²) in [6.07, 6.45) is 1.61. The lowest BCUT2D eigenvalue weighted by molar-refractivity contribution is -0.385. The van der Waals surface area contributed by atoms with E-state index in [1.807, 2.05) is 0 Å². The van der Waals surface area contributed by atoms with E-state index in [0.29, 0.717) is 5.56 Å². The average molecular weight is 330 g/mol. The van der Waals surface area contributed by atoms with E-state index < -0.39 is 16.8 Å². The number of amides is 1. The first-order valence-corrected chi connectivity index (χ1v) is 7.33. The number of nitro groups is 1. The van der Waals surface area contributed by atoms with Gasteiger partial charge in [-0.25, -0.2) is 4.79 Å². The maximum atomic E-state index is 12.6. The zero-order valence-electron chi connectivity index (χ0n) is 12.5. The summed E-state index contributed by atoms with van der Waals surface area (Å²) >= 11 is 0. The third-order valence-electron chi connectivity index (χ3n) is 3.81. The number of nitrogens with zero attached hydrogens (tertiary/aromatic N) is 2. The molecule has 1 amide bonds. The molecule has 1 aromatic heterocycles. The van der Waals surface area contributed by atoms with E-state index in [1.165, 1.54) is 23.1 Å². The second-order valence-electron chi connectivity index (χ2n) is 5.52. The van der Waals surface area contributed by atoms with Crippen molar-refractivity contribution < 1.29 is 24.0 Å². The van der Waals surface area contributed by atoms with Gasteiger partial charge < -0.3 is 14.4 Å². The van der Waals surface area contributed by atoms with Gasteiger partial charge in [0.1, 0.15) is 0 Å². The molecule has 0 atom stereocenters. The highest BCUT2D eigenvalue weighted by atomic mass is 16.6. The molecular formula is C16H14N2O6. The lowest BCUT2D eigenvalue weighted by atomic mass is 10.1. The number of rotatable bonds is 6. The maximum Gasteiger partial charge on any atom is 0.371 e. The van der Waals surface area contributed by atoms with Gasteiger partial charge in [-0.3, -0.25) is 14.9 Å². The number of carbonyl (C=O) groups excluding carboxylic acids is 1. The number of nitro benzene ring substituents is 1. The molecule has 3 rings (SSSR count). The van der Waals surface area contributed by atoms with Crippen LogP contribution in [-0.4, -0.2) is 32.8 Å². The summed E-state index contributed by atoms with van der Waals surface area (Å²) in [5.74, 6) is -2.13. The molecule has 2 aromatic rings. The van der Waals surface area contributed by atoms with Crippen molar-refractivity contribution in [3.05, 3.63) is 63.6 Å². The summed E-state index contributed by atoms with van der Waals surface area (Å²) in [5.41, 5.74) is 0.370. The van der Waals surface area contributed by atoms with Crippen LogP contribution in [0.4, 0.5) is 5.69 Å². The van der Waals surface area contributed by atoms with Crippen LogP contribution in [0.5, 0.6) is 0 Å². The Bertz CT molecular complexity index is 808. The Morgan fingerprint density at radius 3 is 2.46 bits per heavy atom. The first-order valence-electron chi connectivity index (χ1n) is 7.33. The number of hydrogen-bond acceptors (Lipinski definition) is 5. The van der Waals surface area contributed by atoms with Crippen LogP contribution in [0.15, 0.2) is 40.8 Å². The third-order valence-corrected chi connectivity index (χ3v) is 3.81. The van der Waals surface area contributed by atoms with E-state index in [2.05, 4.69) is 0 Å². The molecule has 1 N–H and O–H groups in total. The fraction of sp³-hybridized carbons (Fsp3) is 0.250. The molecule has 1 aliphatic rings. The summed E-state index contributed by atoms with van der Waals surface area (Å²) in [4.78, 5) is 35.6. The number of carbonyl (C=O) groups is 2. The van der Waals surface area contributed by atoms with Gasteiger partial charge >= 0.3 is 5.97 Å². The number of furan rings is 1. The van der Waals surface area contributed by atoms with E-state index in [-0.39, 0.29) is 29.8 Å². The molecule has 0 spiro atoms. The van der Waals surface area contributed by atoms with Crippen LogP contribution in [-0.2, 0) is 6.54 Å². The van der Waals surface area contributed by atoms with Gasteiger partial charge in [0.15, 0.2) is 5.76 Å². The SMILES string of the molecule is O=C(O)c1ccc(C(=O)N(Cc2ccccc2[N+](=O)[O-])C2CC2)o1. The molecule has 1 fully saturated rings. The first-order chi connectivity index (χ1) is 11.5. The maximum absolute atomic E-state index is 12.6. The third kappa shape index (κ3) is 3.12. The summed E-state index contributed by atoms with van der Waals surface area (Å²) in [5, 5.41) is 20.0. The average Bonchev–Trinajstić information content (AvgIpc) is 3.27. The van der Waals surface area contributed by atoms with Crippen molar-refractivity contribution in [1.29, 1.82) is 0 Å². The van der Waals surface area contributed by atoms with Gasteiger partial charge in [0.25, 0.3) is 11.6 Å². The summed E-state index contributed by atoms with van der Waals surface area (Å²) in [7, 11) is 0. The number of carboxylic acids is 1. The van der Waals surface area contributed by atoms with Gasteiger partial charge in [0.2, 0.25) is 5.76 Å². The van der Waals surface area contributed by atoms with E-state index >= 15 is 0 Å². The Hall–Kier alpha value is -3.16. The van der Waals surface area contributed by atoms with Gasteiger partial charge in [0, 0.05) is 17.7 Å². The number of benzene rings is 1. The summed E-state index contributed by atoms with van der Waals surface area (Å²) < 4.78 is 5.06. The second-order valence-corrected chi connectivity index (χ2v) is 5.52. The van der Waals surface area contributed by atoms with Crippen molar-refractivity contribution in [1.82, 2.24) is 4.90 Å². The molecule has 0 unspecified atom stereocenters. The van der Waals surface area contributed by atoms with Gasteiger partial charge in [-0.2, -0.15) is 0 Å². The topological polar surface area (TPSA) is 114 Å². The Kier molecular flexibility index (Phi) is 4.03. The van der Waals surface area contributed by atoms with Crippen molar-refractivity contribution >= 4 is 17.6 Å². The largest absolute Gasteiger partial charge is 0.475 e. The number of hydrogen-bond donors (Lipinski definition) is 1. The molecule has 1 saturated carbocycles. The Balaban J connectivity index is 1.86. The smallest absolute Gasteiger partial charge is 0.371 e. The first kappa shape index (κ1) is 15.7. The van der Waals surface area contributed by atoms with Crippen LogP contribution in [0.1, 0.15) is 39.5 Å². The predicted octanol–water partition coefficient (Wildman–Crippen LogP) is 2.69. The number of carboxylic acid groups (broad SMARTS) is 1.